The molecule has 3 nitrogen and oxygen atoms in total. The minimum atomic E-state index is 0.0264. The molecule has 29 heavy (non-hydrogen) atoms. The molecule has 2 rings (SSSR count). The second-order valence-electron chi connectivity index (χ2n) is 8.21. The molecule has 1 aromatic rings. The third-order valence-corrected chi connectivity index (χ3v) is 5.48. The Bertz CT molecular complexity index is 510. The largest absolute Gasteiger partial charge is 0.370 e. The topological polar surface area (TPSA) is 31.0 Å². The van der Waals surface area contributed by atoms with Crippen molar-refractivity contribution in [2.24, 2.45) is 0 Å². The molecule has 0 unspecified atom stereocenters. The van der Waals surface area contributed by atoms with E-state index < -0.39 is 0 Å². The predicted octanol–water partition coefficient (Wildman–Crippen LogP) is 7.20. The van der Waals surface area contributed by atoms with Gasteiger partial charge in [-0.1, -0.05) is 114 Å². The summed E-state index contributed by atoms with van der Waals surface area (Å²) in [4.78, 5) is 0. The van der Waals surface area contributed by atoms with E-state index in [2.05, 4.69) is 31.2 Å². The molecule has 1 aliphatic rings. The Balaban J connectivity index is 1.42. The van der Waals surface area contributed by atoms with E-state index >= 15 is 0 Å². The molecule has 1 aliphatic heterocycles. The normalized spacial score (nSPS) is 17.1. The van der Waals surface area contributed by atoms with Gasteiger partial charge in [0.15, 0.2) is 0 Å². The highest BCUT2D eigenvalue weighted by atomic mass is 16.7. The fraction of sp³-hybridized carbons (Fsp3) is 0.692. The summed E-state index contributed by atoms with van der Waals surface area (Å²) >= 11 is 0. The Morgan fingerprint density at radius 2 is 1.55 bits per heavy atom. The van der Waals surface area contributed by atoms with Crippen LogP contribution >= 0.6 is 0 Å². The SMILES string of the molecule is CCCCCCCCCCCCC/C=C/[C@@H](OCOCc1ccccc1)[C@H]1CO1. The first-order valence-corrected chi connectivity index (χ1v) is 11.9. The second kappa shape index (κ2) is 16.6. The van der Waals surface area contributed by atoms with Gasteiger partial charge in [0.1, 0.15) is 19.0 Å². The lowest BCUT2D eigenvalue weighted by Gasteiger charge is -2.12. The molecular weight excluding hydrogens is 360 g/mol. The molecule has 1 saturated heterocycles. The van der Waals surface area contributed by atoms with Gasteiger partial charge in [-0.2, -0.15) is 0 Å². The molecule has 1 heterocycles. The molecule has 1 fully saturated rings. The van der Waals surface area contributed by atoms with Crippen LogP contribution in [-0.4, -0.2) is 25.6 Å². The highest BCUT2D eigenvalue weighted by molar-refractivity contribution is 5.13. The van der Waals surface area contributed by atoms with Crippen molar-refractivity contribution in [3.05, 3.63) is 48.0 Å². The van der Waals surface area contributed by atoms with Crippen molar-refractivity contribution < 1.29 is 14.2 Å². The number of hydrogen-bond donors (Lipinski definition) is 0. The lowest BCUT2D eigenvalue weighted by atomic mass is 10.1. The molecule has 0 aliphatic carbocycles. The van der Waals surface area contributed by atoms with Gasteiger partial charge in [-0.3, -0.25) is 0 Å². The van der Waals surface area contributed by atoms with E-state index in [4.69, 9.17) is 14.2 Å². The number of unbranched alkanes of at least 4 members (excludes halogenated alkanes) is 11. The summed E-state index contributed by atoms with van der Waals surface area (Å²) in [6.45, 7) is 3.97. The minimum absolute atomic E-state index is 0.0264. The smallest absolute Gasteiger partial charge is 0.148 e. The van der Waals surface area contributed by atoms with E-state index in [0.717, 1.165) is 13.0 Å². The summed E-state index contributed by atoms with van der Waals surface area (Å²) < 4.78 is 16.9. The zero-order valence-corrected chi connectivity index (χ0v) is 18.5. The maximum atomic E-state index is 5.86. The zero-order valence-electron chi connectivity index (χ0n) is 18.5. The van der Waals surface area contributed by atoms with Crippen LogP contribution in [0.25, 0.3) is 0 Å². The van der Waals surface area contributed by atoms with Gasteiger partial charge in [-0.05, 0) is 18.4 Å². The molecule has 0 amide bonds. The van der Waals surface area contributed by atoms with Crippen molar-refractivity contribution in [2.75, 3.05) is 13.4 Å². The van der Waals surface area contributed by atoms with Gasteiger partial charge in [0.05, 0.1) is 13.2 Å². The van der Waals surface area contributed by atoms with Crippen molar-refractivity contribution >= 4 is 0 Å². The van der Waals surface area contributed by atoms with E-state index in [1.807, 2.05) is 18.2 Å². The molecule has 3 heteroatoms. The first kappa shape index (κ1) is 24.1. The molecular formula is C26H42O3. The van der Waals surface area contributed by atoms with Crippen LogP contribution in [0.5, 0.6) is 0 Å². The second-order valence-corrected chi connectivity index (χ2v) is 8.21. The zero-order chi connectivity index (χ0) is 20.4. The molecule has 0 saturated carbocycles. The molecule has 1 aromatic carbocycles. The van der Waals surface area contributed by atoms with Gasteiger partial charge >= 0.3 is 0 Å². The fourth-order valence-electron chi connectivity index (χ4n) is 3.55. The van der Waals surface area contributed by atoms with E-state index in [1.54, 1.807) is 0 Å². The van der Waals surface area contributed by atoms with Gasteiger partial charge in [0.2, 0.25) is 0 Å². The fourth-order valence-corrected chi connectivity index (χ4v) is 3.55. The van der Waals surface area contributed by atoms with Crippen LogP contribution in [-0.2, 0) is 20.8 Å². The summed E-state index contributed by atoms with van der Waals surface area (Å²) in [7, 11) is 0. The third kappa shape index (κ3) is 12.9. The molecule has 0 aromatic heterocycles. The monoisotopic (exact) mass is 402 g/mol. The minimum Gasteiger partial charge on any atom is -0.370 e. The van der Waals surface area contributed by atoms with Crippen LogP contribution in [0.1, 0.15) is 89.5 Å². The Labute approximate surface area is 178 Å². The van der Waals surface area contributed by atoms with E-state index in [9.17, 15) is 0 Å². The van der Waals surface area contributed by atoms with E-state index in [0.29, 0.717) is 13.4 Å². The maximum absolute atomic E-state index is 5.86. The predicted molar refractivity (Wildman–Crippen MR) is 121 cm³/mol. The number of epoxide rings is 1. The van der Waals surface area contributed by atoms with Crippen LogP contribution < -0.4 is 0 Å². The average Bonchev–Trinajstić information content (AvgIpc) is 3.59. The first-order valence-electron chi connectivity index (χ1n) is 11.9. The van der Waals surface area contributed by atoms with Crippen LogP contribution in [0, 0.1) is 0 Å². The van der Waals surface area contributed by atoms with E-state index in [1.165, 1.54) is 76.2 Å². The number of hydrogen-bond acceptors (Lipinski definition) is 3. The highest BCUT2D eigenvalue weighted by Crippen LogP contribution is 2.19. The summed E-state index contributed by atoms with van der Waals surface area (Å²) in [5, 5.41) is 0. The van der Waals surface area contributed by atoms with Crippen molar-refractivity contribution in [1.82, 2.24) is 0 Å². The maximum Gasteiger partial charge on any atom is 0.148 e. The molecule has 0 spiro atoms. The molecule has 0 N–H and O–H groups in total. The summed E-state index contributed by atoms with van der Waals surface area (Å²) in [6.07, 6.45) is 21.1. The van der Waals surface area contributed by atoms with Crippen molar-refractivity contribution in [3.8, 4) is 0 Å². The summed E-state index contributed by atoms with van der Waals surface area (Å²) in [5.41, 5.74) is 1.17. The van der Waals surface area contributed by atoms with Crippen LogP contribution in [0.4, 0.5) is 0 Å². The van der Waals surface area contributed by atoms with Gasteiger partial charge in [-0.15, -0.1) is 0 Å². The summed E-state index contributed by atoms with van der Waals surface area (Å²) in [5.74, 6) is 0. The Kier molecular flexibility index (Phi) is 13.8. The first-order chi connectivity index (χ1) is 14.4. The van der Waals surface area contributed by atoms with Gasteiger partial charge < -0.3 is 14.2 Å². The number of allylic oxidation sites excluding steroid dienone is 1. The number of rotatable bonds is 19. The van der Waals surface area contributed by atoms with Crippen LogP contribution in [0.2, 0.25) is 0 Å². The molecule has 164 valence electrons. The Hall–Kier alpha value is -1.16. The third-order valence-electron chi connectivity index (χ3n) is 5.48. The highest BCUT2D eigenvalue weighted by Gasteiger charge is 2.31. The quantitative estimate of drug-likeness (QED) is 0.106. The van der Waals surface area contributed by atoms with Crippen molar-refractivity contribution in [2.45, 2.75) is 103 Å². The number of benzene rings is 1. The molecule has 0 bridgehead atoms. The Morgan fingerprint density at radius 3 is 2.17 bits per heavy atom. The molecule has 0 radical (unpaired) electrons. The van der Waals surface area contributed by atoms with Gasteiger partial charge in [-0.25, -0.2) is 0 Å². The van der Waals surface area contributed by atoms with Crippen molar-refractivity contribution in [1.29, 1.82) is 0 Å². The van der Waals surface area contributed by atoms with Gasteiger partial charge in [0, 0.05) is 0 Å². The lowest BCUT2D eigenvalue weighted by molar-refractivity contribution is -0.0878. The standard InChI is InChI=1S/C26H42O3/c1-2-3-4-5-6-7-8-9-10-11-12-13-17-20-25(26-22-28-26)29-23-27-21-24-18-15-14-16-19-24/h14-20,25-26H,2-13,21-23H2,1H3/b20-17+/t25-,26-/m1/s1. The Morgan fingerprint density at radius 1 is 0.931 bits per heavy atom. The van der Waals surface area contributed by atoms with Crippen LogP contribution in [0.3, 0.4) is 0 Å². The van der Waals surface area contributed by atoms with Gasteiger partial charge in [0.25, 0.3) is 0 Å². The summed E-state index contributed by atoms with van der Waals surface area (Å²) in [6, 6.07) is 10.2. The average molecular weight is 403 g/mol. The molecule has 2 atom stereocenters. The lowest BCUT2D eigenvalue weighted by Crippen LogP contribution is -2.19. The van der Waals surface area contributed by atoms with Crippen molar-refractivity contribution in [3.63, 3.8) is 0 Å². The van der Waals surface area contributed by atoms with Crippen LogP contribution in [0.15, 0.2) is 42.5 Å². The number of ether oxygens (including phenoxy) is 3. The van der Waals surface area contributed by atoms with E-state index in [-0.39, 0.29) is 12.2 Å².